The molecule has 0 fully saturated rings. The Morgan fingerprint density at radius 2 is 2.09 bits per heavy atom. The number of H-pyrrole nitrogens is 1. The summed E-state index contributed by atoms with van der Waals surface area (Å²) in [6, 6.07) is 3.68. The molecule has 3 N–H and O–H groups in total. The number of carbonyl (C=O) groups excluding carboxylic acids is 1. The lowest BCUT2D eigenvalue weighted by molar-refractivity contribution is 0.0827. The molecule has 0 saturated carbocycles. The summed E-state index contributed by atoms with van der Waals surface area (Å²) in [5.41, 5.74) is 6.15. The summed E-state index contributed by atoms with van der Waals surface area (Å²) in [6.07, 6.45) is 6.25. The van der Waals surface area contributed by atoms with Crippen molar-refractivity contribution in [3.63, 3.8) is 0 Å². The molecule has 0 spiro atoms. The van der Waals surface area contributed by atoms with Gasteiger partial charge in [0.2, 0.25) is 5.95 Å². The van der Waals surface area contributed by atoms with Gasteiger partial charge in [-0.2, -0.15) is 8.78 Å². The van der Waals surface area contributed by atoms with Gasteiger partial charge in [0.25, 0.3) is 5.56 Å². The Labute approximate surface area is 190 Å². The Bertz CT molecular complexity index is 1610. The molecule has 1 aliphatic carbocycles. The molecule has 0 amide bonds. The van der Waals surface area contributed by atoms with Crippen LogP contribution in [-0.2, 0) is 13.0 Å². The molecule has 170 valence electrons. The number of pyridine rings is 2. The van der Waals surface area contributed by atoms with Crippen molar-refractivity contribution in [3.8, 4) is 11.1 Å². The summed E-state index contributed by atoms with van der Waals surface area (Å²) < 4.78 is 45.4. The molecule has 0 atom stereocenters. The number of nitrogens with one attached hydrogen (secondary N) is 1. The molecular formula is C25H17F3N4O2. The number of halogens is 3. The van der Waals surface area contributed by atoms with Crippen LogP contribution in [0, 0.1) is 11.8 Å². The first-order chi connectivity index (χ1) is 16.3. The van der Waals surface area contributed by atoms with E-state index in [9.17, 15) is 22.8 Å². The summed E-state index contributed by atoms with van der Waals surface area (Å²) in [5.74, 6) is -1.45. The smallest absolute Gasteiger partial charge is 0.349 e. The molecule has 3 heterocycles. The Balaban J connectivity index is 1.89. The predicted molar refractivity (Wildman–Crippen MR) is 123 cm³/mol. The zero-order valence-corrected chi connectivity index (χ0v) is 17.7. The van der Waals surface area contributed by atoms with Crippen LogP contribution in [0.5, 0.6) is 0 Å². The van der Waals surface area contributed by atoms with Crippen LogP contribution >= 0.6 is 0 Å². The Kier molecular flexibility index (Phi) is 4.97. The van der Waals surface area contributed by atoms with Crippen molar-refractivity contribution in [2.24, 2.45) is 5.73 Å². The number of hydrogen-bond donors (Lipinski definition) is 2. The molecule has 0 aliphatic heterocycles. The van der Waals surface area contributed by atoms with Crippen LogP contribution in [0.3, 0.4) is 0 Å². The van der Waals surface area contributed by atoms with Gasteiger partial charge in [-0.1, -0.05) is 18.7 Å². The average molecular weight is 462 g/mol. The van der Waals surface area contributed by atoms with Gasteiger partial charge in [-0.15, -0.1) is 0 Å². The van der Waals surface area contributed by atoms with Crippen molar-refractivity contribution >= 4 is 28.7 Å². The molecule has 1 aromatic carbocycles. The van der Waals surface area contributed by atoms with Crippen molar-refractivity contribution in [3.05, 3.63) is 99.4 Å². The topological polar surface area (TPSA) is 93.8 Å². The van der Waals surface area contributed by atoms with Gasteiger partial charge in [-0.25, -0.2) is 9.37 Å². The van der Waals surface area contributed by atoms with E-state index >= 15 is 0 Å². The Morgan fingerprint density at radius 1 is 1.29 bits per heavy atom. The number of benzene rings is 1. The minimum Gasteiger partial charge on any atom is -0.399 e. The maximum absolute atomic E-state index is 15.0. The minimum absolute atomic E-state index is 0.0175. The van der Waals surface area contributed by atoms with E-state index in [1.807, 2.05) is 0 Å². The van der Waals surface area contributed by atoms with Gasteiger partial charge in [-0.3, -0.25) is 9.59 Å². The van der Waals surface area contributed by atoms with Gasteiger partial charge in [0.05, 0.1) is 12.1 Å². The third-order valence-corrected chi connectivity index (χ3v) is 5.94. The van der Waals surface area contributed by atoms with E-state index in [-0.39, 0.29) is 34.4 Å². The van der Waals surface area contributed by atoms with Crippen LogP contribution in [0.4, 0.5) is 13.2 Å². The van der Waals surface area contributed by atoms with Crippen LogP contribution in [0.2, 0.25) is 0 Å². The Hall–Kier alpha value is -4.40. The highest BCUT2D eigenvalue weighted by molar-refractivity contribution is 6.10. The SMILES string of the molecule is C=C(N)c1cnc(F)c(Cn2c(C(=O)F)c(-c3ccc[nH]c3=O)c3c4c(c(F)cc32)C=CC4)c1. The van der Waals surface area contributed by atoms with E-state index in [2.05, 4.69) is 16.5 Å². The van der Waals surface area contributed by atoms with Crippen molar-refractivity contribution in [2.75, 3.05) is 0 Å². The van der Waals surface area contributed by atoms with Crippen LogP contribution in [-0.4, -0.2) is 20.6 Å². The second kappa shape index (κ2) is 7.87. The number of allylic oxidation sites excluding steroid dienone is 1. The number of aromatic amines is 1. The van der Waals surface area contributed by atoms with Gasteiger partial charge in [0, 0.05) is 51.3 Å². The molecule has 0 saturated heterocycles. The average Bonchev–Trinajstić information content (AvgIpc) is 3.39. The summed E-state index contributed by atoms with van der Waals surface area (Å²) >= 11 is 0. The van der Waals surface area contributed by atoms with Gasteiger partial charge >= 0.3 is 6.04 Å². The molecule has 0 bridgehead atoms. The van der Waals surface area contributed by atoms with E-state index in [1.54, 1.807) is 12.2 Å². The maximum atomic E-state index is 15.0. The first-order valence-electron chi connectivity index (χ1n) is 10.3. The third kappa shape index (κ3) is 3.24. The molecule has 9 heteroatoms. The van der Waals surface area contributed by atoms with E-state index in [0.29, 0.717) is 28.5 Å². The van der Waals surface area contributed by atoms with Crippen molar-refractivity contribution in [2.45, 2.75) is 13.0 Å². The van der Waals surface area contributed by atoms with Crippen LogP contribution in [0.1, 0.15) is 32.7 Å². The number of rotatable bonds is 5. The summed E-state index contributed by atoms with van der Waals surface area (Å²) in [7, 11) is 0. The normalized spacial score (nSPS) is 12.3. The van der Waals surface area contributed by atoms with Crippen LogP contribution < -0.4 is 11.3 Å². The van der Waals surface area contributed by atoms with Gasteiger partial charge in [-0.05, 0) is 36.2 Å². The zero-order valence-electron chi connectivity index (χ0n) is 17.7. The van der Waals surface area contributed by atoms with Crippen LogP contribution in [0.15, 0.2) is 54.1 Å². The van der Waals surface area contributed by atoms with Crippen molar-refractivity contribution in [1.29, 1.82) is 0 Å². The number of nitrogens with zero attached hydrogens (tertiary/aromatic N) is 2. The van der Waals surface area contributed by atoms with Gasteiger partial charge in [0.15, 0.2) is 0 Å². The molecule has 0 radical (unpaired) electrons. The summed E-state index contributed by atoms with van der Waals surface area (Å²) in [6.45, 7) is 3.24. The standard InChI is InChI=1S/C25H17F3N4O2/c1-12(29)13-8-14(23(27)31-10-13)11-32-19-9-18(26)15-4-2-5-16(15)20(19)21(22(32)24(28)33)17-6-3-7-30-25(17)34/h2-4,6-10H,1,5,11,29H2,(H,30,34). The van der Waals surface area contributed by atoms with E-state index < -0.39 is 29.1 Å². The lowest BCUT2D eigenvalue weighted by atomic mass is 9.96. The highest BCUT2D eigenvalue weighted by Gasteiger charge is 2.30. The van der Waals surface area contributed by atoms with Crippen LogP contribution in [0.25, 0.3) is 33.8 Å². The second-order valence-corrected chi connectivity index (χ2v) is 7.95. The zero-order chi connectivity index (χ0) is 24.1. The van der Waals surface area contributed by atoms with Gasteiger partial charge in [0.1, 0.15) is 11.5 Å². The monoisotopic (exact) mass is 462 g/mol. The van der Waals surface area contributed by atoms with E-state index in [4.69, 9.17) is 5.73 Å². The number of nitrogens with two attached hydrogens (primary N) is 1. The van der Waals surface area contributed by atoms with Crippen molar-refractivity contribution in [1.82, 2.24) is 14.5 Å². The molecule has 5 rings (SSSR count). The second-order valence-electron chi connectivity index (χ2n) is 7.95. The maximum Gasteiger partial charge on any atom is 0.349 e. The molecule has 1 aliphatic rings. The first-order valence-corrected chi connectivity index (χ1v) is 10.3. The molecule has 4 aromatic rings. The number of carbonyl (C=O) groups is 1. The highest BCUT2D eigenvalue weighted by Crippen LogP contribution is 2.41. The molecule has 0 unspecified atom stereocenters. The minimum atomic E-state index is -1.85. The lowest BCUT2D eigenvalue weighted by Crippen LogP contribution is -2.13. The highest BCUT2D eigenvalue weighted by atomic mass is 19.1. The lowest BCUT2D eigenvalue weighted by Gasteiger charge is -2.11. The largest absolute Gasteiger partial charge is 0.399 e. The van der Waals surface area contributed by atoms with Crippen molar-refractivity contribution < 1.29 is 18.0 Å². The van der Waals surface area contributed by atoms with Gasteiger partial charge < -0.3 is 15.3 Å². The molecular weight excluding hydrogens is 445 g/mol. The fourth-order valence-electron chi connectivity index (χ4n) is 4.46. The third-order valence-electron chi connectivity index (χ3n) is 5.94. The Morgan fingerprint density at radius 3 is 2.79 bits per heavy atom. The summed E-state index contributed by atoms with van der Waals surface area (Å²) in [4.78, 5) is 31.2. The molecule has 3 aromatic heterocycles. The molecule has 6 nitrogen and oxygen atoms in total. The molecule has 34 heavy (non-hydrogen) atoms. The summed E-state index contributed by atoms with van der Waals surface area (Å²) in [5, 5.41) is 0.354. The number of hydrogen-bond acceptors (Lipinski definition) is 4. The number of aromatic nitrogens is 3. The van der Waals surface area contributed by atoms with E-state index in [1.165, 1.54) is 35.2 Å². The first kappa shape index (κ1) is 21.4. The predicted octanol–water partition coefficient (Wildman–Crippen LogP) is 4.33. The fourth-order valence-corrected chi connectivity index (χ4v) is 4.46. The number of fused-ring (bicyclic) bond motifs is 3. The quantitative estimate of drug-likeness (QED) is 0.341. The van der Waals surface area contributed by atoms with E-state index in [0.717, 1.165) is 6.07 Å². The fraction of sp³-hybridized carbons (Fsp3) is 0.0800.